The van der Waals surface area contributed by atoms with Gasteiger partial charge in [-0.15, -0.1) is 0 Å². The monoisotopic (exact) mass is 220 g/mol. The van der Waals surface area contributed by atoms with E-state index in [1.54, 1.807) is 0 Å². The first-order valence-electron chi connectivity index (χ1n) is 6.00. The van der Waals surface area contributed by atoms with Gasteiger partial charge in [-0.25, -0.2) is 0 Å². The van der Waals surface area contributed by atoms with E-state index >= 15 is 0 Å². The van der Waals surface area contributed by atoms with E-state index < -0.39 is 0 Å². The summed E-state index contributed by atoms with van der Waals surface area (Å²) < 4.78 is 0. The summed E-state index contributed by atoms with van der Waals surface area (Å²) >= 11 is 0. The fraction of sp³-hybridized carbons (Fsp3) is 0.538. The molecule has 1 aliphatic heterocycles. The number of aliphatic hydroxyl groups excluding tert-OH is 1. The molecule has 3 nitrogen and oxygen atoms in total. The Labute approximate surface area is 96.9 Å². The van der Waals surface area contributed by atoms with Crippen molar-refractivity contribution >= 4 is 5.69 Å². The molecule has 1 atom stereocenters. The van der Waals surface area contributed by atoms with Crippen LogP contribution in [-0.4, -0.2) is 24.8 Å². The molecule has 0 fully saturated rings. The Morgan fingerprint density at radius 2 is 2.31 bits per heavy atom. The van der Waals surface area contributed by atoms with Gasteiger partial charge in [0.05, 0.1) is 0 Å². The first-order valence-corrected chi connectivity index (χ1v) is 6.00. The normalized spacial score (nSPS) is 16.3. The average Bonchev–Trinajstić information content (AvgIpc) is 2.71. The third-order valence-electron chi connectivity index (χ3n) is 3.35. The molecule has 0 aromatic heterocycles. The van der Waals surface area contributed by atoms with Crippen molar-refractivity contribution < 1.29 is 5.11 Å². The van der Waals surface area contributed by atoms with Gasteiger partial charge in [0.2, 0.25) is 0 Å². The summed E-state index contributed by atoms with van der Waals surface area (Å²) in [5.74, 6) is 0. The van der Waals surface area contributed by atoms with Crippen molar-refractivity contribution in [1.82, 2.24) is 0 Å². The molecule has 0 spiro atoms. The quantitative estimate of drug-likeness (QED) is 0.807. The Morgan fingerprint density at radius 3 is 3.00 bits per heavy atom. The van der Waals surface area contributed by atoms with E-state index in [1.807, 2.05) is 0 Å². The summed E-state index contributed by atoms with van der Waals surface area (Å²) in [6.07, 6.45) is 1.75. The van der Waals surface area contributed by atoms with Crippen LogP contribution < -0.4 is 10.6 Å². The molecule has 0 amide bonds. The lowest BCUT2D eigenvalue weighted by molar-refractivity contribution is 0.276. The van der Waals surface area contributed by atoms with E-state index in [-0.39, 0.29) is 12.6 Å². The second-order valence-corrected chi connectivity index (χ2v) is 4.34. The van der Waals surface area contributed by atoms with E-state index in [0.717, 1.165) is 25.1 Å². The molecule has 1 aliphatic rings. The van der Waals surface area contributed by atoms with Gasteiger partial charge in [0, 0.05) is 31.4 Å². The van der Waals surface area contributed by atoms with Crippen LogP contribution in [-0.2, 0) is 6.42 Å². The van der Waals surface area contributed by atoms with Crippen LogP contribution in [0.25, 0.3) is 0 Å². The summed E-state index contributed by atoms with van der Waals surface area (Å²) in [6.45, 7) is 4.51. The molecule has 88 valence electrons. The standard InChI is InChI=1S/C13H20N2O/c1-2-15-7-5-11-9-10(3-4-13(11)15)12(14)6-8-16/h3-4,9,12,16H,2,5-8,14H2,1H3. The van der Waals surface area contributed by atoms with E-state index in [0.29, 0.717) is 6.42 Å². The minimum atomic E-state index is -0.0361. The van der Waals surface area contributed by atoms with Crippen LogP contribution >= 0.6 is 0 Å². The molecule has 3 N–H and O–H groups in total. The Balaban J connectivity index is 2.21. The summed E-state index contributed by atoms with van der Waals surface area (Å²) in [5.41, 5.74) is 9.88. The summed E-state index contributed by atoms with van der Waals surface area (Å²) in [5, 5.41) is 8.88. The number of nitrogens with zero attached hydrogens (tertiary/aromatic N) is 1. The minimum Gasteiger partial charge on any atom is -0.396 e. The van der Waals surface area contributed by atoms with Gasteiger partial charge >= 0.3 is 0 Å². The third-order valence-corrected chi connectivity index (χ3v) is 3.35. The van der Waals surface area contributed by atoms with Crippen molar-refractivity contribution in [3.8, 4) is 0 Å². The molecule has 0 aliphatic carbocycles. The summed E-state index contributed by atoms with van der Waals surface area (Å²) in [7, 11) is 0. The van der Waals surface area contributed by atoms with Crippen LogP contribution in [0.2, 0.25) is 0 Å². The van der Waals surface area contributed by atoms with Crippen LogP contribution in [0.3, 0.4) is 0 Å². The number of hydrogen-bond acceptors (Lipinski definition) is 3. The summed E-state index contributed by atoms with van der Waals surface area (Å²) in [4.78, 5) is 2.39. The van der Waals surface area contributed by atoms with Gasteiger partial charge in [-0.2, -0.15) is 0 Å². The number of anilines is 1. The molecule has 3 heteroatoms. The molecule has 0 saturated carbocycles. The molecule has 1 unspecified atom stereocenters. The molecule has 1 aromatic rings. The maximum absolute atomic E-state index is 8.88. The molecular weight excluding hydrogens is 200 g/mol. The molecule has 2 rings (SSSR count). The highest BCUT2D eigenvalue weighted by Gasteiger charge is 2.18. The van der Waals surface area contributed by atoms with Gasteiger partial charge in [0.25, 0.3) is 0 Å². The molecule has 1 heterocycles. The second kappa shape index (κ2) is 4.85. The van der Waals surface area contributed by atoms with Crippen molar-refractivity contribution in [2.75, 3.05) is 24.6 Å². The molecule has 16 heavy (non-hydrogen) atoms. The predicted octanol–water partition coefficient (Wildman–Crippen LogP) is 1.45. The zero-order valence-electron chi connectivity index (χ0n) is 9.82. The maximum atomic E-state index is 8.88. The zero-order valence-corrected chi connectivity index (χ0v) is 9.82. The van der Waals surface area contributed by atoms with Gasteiger partial charge in [-0.3, -0.25) is 0 Å². The number of benzene rings is 1. The van der Waals surface area contributed by atoms with Crippen LogP contribution in [0.5, 0.6) is 0 Å². The van der Waals surface area contributed by atoms with Gasteiger partial charge < -0.3 is 15.7 Å². The molecule has 1 aromatic carbocycles. The fourth-order valence-electron chi connectivity index (χ4n) is 2.35. The SMILES string of the molecule is CCN1CCc2cc(C(N)CCO)ccc21. The second-order valence-electron chi connectivity index (χ2n) is 4.34. The lowest BCUT2D eigenvalue weighted by Crippen LogP contribution is -2.19. The first-order chi connectivity index (χ1) is 7.76. The van der Waals surface area contributed by atoms with Gasteiger partial charge in [-0.05, 0) is 37.0 Å². The van der Waals surface area contributed by atoms with Crippen LogP contribution in [0.15, 0.2) is 18.2 Å². The number of likely N-dealkylation sites (N-methyl/N-ethyl adjacent to an activating group) is 1. The molecule has 0 saturated heterocycles. The van der Waals surface area contributed by atoms with E-state index in [4.69, 9.17) is 10.8 Å². The molecule has 0 bridgehead atoms. The van der Waals surface area contributed by atoms with Crippen LogP contribution in [0.4, 0.5) is 5.69 Å². The Hall–Kier alpha value is -1.06. The first kappa shape index (κ1) is 11.4. The number of rotatable bonds is 4. The molecular formula is C13H20N2O. The zero-order chi connectivity index (χ0) is 11.5. The van der Waals surface area contributed by atoms with E-state index in [1.165, 1.54) is 11.3 Å². The fourth-order valence-corrected chi connectivity index (χ4v) is 2.35. The van der Waals surface area contributed by atoms with Crippen LogP contribution in [0.1, 0.15) is 30.5 Å². The number of fused-ring (bicyclic) bond motifs is 1. The maximum Gasteiger partial charge on any atom is 0.0449 e. The summed E-state index contributed by atoms with van der Waals surface area (Å²) in [6, 6.07) is 6.42. The van der Waals surface area contributed by atoms with Crippen LogP contribution in [0, 0.1) is 0 Å². The Morgan fingerprint density at radius 1 is 1.50 bits per heavy atom. The van der Waals surface area contributed by atoms with E-state index in [2.05, 4.69) is 30.0 Å². The average molecular weight is 220 g/mol. The number of nitrogens with two attached hydrogens (primary N) is 1. The van der Waals surface area contributed by atoms with Gasteiger partial charge in [-0.1, -0.05) is 12.1 Å². The highest BCUT2D eigenvalue weighted by Crippen LogP contribution is 2.30. The highest BCUT2D eigenvalue weighted by molar-refractivity contribution is 5.59. The van der Waals surface area contributed by atoms with Crippen molar-refractivity contribution in [3.63, 3.8) is 0 Å². The van der Waals surface area contributed by atoms with Gasteiger partial charge in [0.1, 0.15) is 0 Å². The molecule has 0 radical (unpaired) electrons. The Kier molecular flexibility index (Phi) is 3.46. The van der Waals surface area contributed by atoms with E-state index in [9.17, 15) is 0 Å². The lowest BCUT2D eigenvalue weighted by atomic mass is 10.0. The topological polar surface area (TPSA) is 49.5 Å². The minimum absolute atomic E-state index is 0.0361. The smallest absolute Gasteiger partial charge is 0.0449 e. The Bertz CT molecular complexity index is 365. The van der Waals surface area contributed by atoms with Gasteiger partial charge in [0.15, 0.2) is 0 Å². The number of hydrogen-bond donors (Lipinski definition) is 2. The largest absolute Gasteiger partial charge is 0.396 e. The van der Waals surface area contributed by atoms with Crippen molar-refractivity contribution in [2.45, 2.75) is 25.8 Å². The predicted molar refractivity (Wildman–Crippen MR) is 66.7 cm³/mol. The van der Waals surface area contributed by atoms with Crippen molar-refractivity contribution in [1.29, 1.82) is 0 Å². The highest BCUT2D eigenvalue weighted by atomic mass is 16.3. The third kappa shape index (κ3) is 2.06. The van der Waals surface area contributed by atoms with Crippen molar-refractivity contribution in [2.24, 2.45) is 5.73 Å². The lowest BCUT2D eigenvalue weighted by Gasteiger charge is -2.17. The van der Waals surface area contributed by atoms with Crippen molar-refractivity contribution in [3.05, 3.63) is 29.3 Å². The number of aliphatic hydroxyl groups is 1.